The summed E-state index contributed by atoms with van der Waals surface area (Å²) >= 11 is 0. The van der Waals surface area contributed by atoms with E-state index in [9.17, 15) is 4.79 Å². The molecule has 1 atom stereocenters. The molecule has 0 unspecified atom stereocenters. The number of carbonyl (C=O) groups excluding carboxylic acids is 1. The highest BCUT2D eigenvalue weighted by Crippen LogP contribution is 2.06. The van der Waals surface area contributed by atoms with Gasteiger partial charge < -0.3 is 11.5 Å². The molecule has 0 aliphatic carbocycles. The summed E-state index contributed by atoms with van der Waals surface area (Å²) in [6.45, 7) is 4.51. The van der Waals surface area contributed by atoms with Crippen molar-refractivity contribution in [3.05, 3.63) is 0 Å². The number of hydrogen-bond acceptors (Lipinski definition) is 3. The molecule has 4 N–H and O–H groups in total. The molecule has 0 fully saturated rings. The Morgan fingerprint density at radius 1 is 1.23 bits per heavy atom. The second kappa shape index (κ2) is 7.04. The third-order valence-corrected chi connectivity index (χ3v) is 2.15. The van der Waals surface area contributed by atoms with Crippen molar-refractivity contribution in [1.29, 1.82) is 0 Å². The number of Topliss-reactive ketones (excluding diaryl/α,β-unsaturated/α-hetero) is 1. The Morgan fingerprint density at radius 2 is 1.85 bits per heavy atom. The molecule has 0 saturated carbocycles. The topological polar surface area (TPSA) is 69.1 Å². The Balaban J connectivity index is 3.50. The fraction of sp³-hybridized carbons (Fsp3) is 0.900. The Kier molecular flexibility index (Phi) is 6.82. The van der Waals surface area contributed by atoms with E-state index in [-0.39, 0.29) is 17.7 Å². The van der Waals surface area contributed by atoms with Gasteiger partial charge in [0.1, 0.15) is 0 Å². The molecule has 13 heavy (non-hydrogen) atoms. The van der Waals surface area contributed by atoms with Crippen molar-refractivity contribution in [2.24, 2.45) is 17.4 Å². The summed E-state index contributed by atoms with van der Waals surface area (Å²) in [6, 6.07) is -0.266. The first-order valence-corrected chi connectivity index (χ1v) is 5.09. The third-order valence-electron chi connectivity index (χ3n) is 2.15. The lowest BCUT2D eigenvalue weighted by Gasteiger charge is -2.12. The molecule has 0 aromatic rings. The number of rotatable bonds is 7. The molecular weight excluding hydrogens is 164 g/mol. The maximum atomic E-state index is 11.4. The lowest BCUT2D eigenvalue weighted by molar-refractivity contribution is -0.123. The van der Waals surface area contributed by atoms with Gasteiger partial charge in [0.2, 0.25) is 0 Å². The van der Waals surface area contributed by atoms with Crippen LogP contribution in [0.15, 0.2) is 0 Å². The predicted molar refractivity (Wildman–Crippen MR) is 55.3 cm³/mol. The maximum absolute atomic E-state index is 11.4. The molecule has 0 spiro atoms. The lowest BCUT2D eigenvalue weighted by atomic mass is 9.98. The Hall–Kier alpha value is -0.410. The van der Waals surface area contributed by atoms with Gasteiger partial charge in [0, 0.05) is 5.92 Å². The standard InChI is InChI=1S/C10H22N2O/c1-8(2)10(13)9(12)6-4-3-5-7-11/h8-9H,3-7,11-12H2,1-2H3/t9-/m1/s1. The second-order valence-electron chi connectivity index (χ2n) is 3.80. The van der Waals surface area contributed by atoms with E-state index in [2.05, 4.69) is 0 Å². The zero-order valence-electron chi connectivity index (χ0n) is 8.75. The van der Waals surface area contributed by atoms with Gasteiger partial charge in [-0.1, -0.05) is 26.7 Å². The highest BCUT2D eigenvalue weighted by atomic mass is 16.1. The second-order valence-corrected chi connectivity index (χ2v) is 3.80. The highest BCUT2D eigenvalue weighted by molar-refractivity contribution is 5.85. The smallest absolute Gasteiger partial charge is 0.152 e. The van der Waals surface area contributed by atoms with E-state index < -0.39 is 0 Å². The van der Waals surface area contributed by atoms with Crippen LogP contribution in [0.2, 0.25) is 0 Å². The fourth-order valence-electron chi connectivity index (χ4n) is 1.26. The fourth-order valence-corrected chi connectivity index (χ4v) is 1.26. The van der Waals surface area contributed by atoms with E-state index in [0.29, 0.717) is 0 Å². The van der Waals surface area contributed by atoms with Gasteiger partial charge in [-0.3, -0.25) is 4.79 Å². The first kappa shape index (κ1) is 12.6. The summed E-state index contributed by atoms with van der Waals surface area (Å²) in [5.41, 5.74) is 11.1. The average Bonchev–Trinajstić information content (AvgIpc) is 2.10. The summed E-state index contributed by atoms with van der Waals surface area (Å²) in [4.78, 5) is 11.4. The molecular formula is C10H22N2O. The summed E-state index contributed by atoms with van der Waals surface area (Å²) in [5, 5.41) is 0. The number of ketones is 1. The molecule has 0 heterocycles. The van der Waals surface area contributed by atoms with Gasteiger partial charge >= 0.3 is 0 Å². The molecule has 0 saturated heterocycles. The summed E-state index contributed by atoms with van der Waals surface area (Å²) in [7, 11) is 0. The van der Waals surface area contributed by atoms with Crippen molar-refractivity contribution >= 4 is 5.78 Å². The van der Waals surface area contributed by atoms with Crippen molar-refractivity contribution in [2.45, 2.75) is 45.6 Å². The highest BCUT2D eigenvalue weighted by Gasteiger charge is 2.15. The Bertz CT molecular complexity index is 146. The minimum atomic E-state index is -0.266. The van der Waals surface area contributed by atoms with Crippen molar-refractivity contribution in [3.8, 4) is 0 Å². The van der Waals surface area contributed by atoms with Crippen LogP contribution in [0.25, 0.3) is 0 Å². The number of carbonyl (C=O) groups is 1. The zero-order chi connectivity index (χ0) is 10.3. The van der Waals surface area contributed by atoms with Crippen LogP contribution in [0, 0.1) is 5.92 Å². The van der Waals surface area contributed by atoms with Crippen LogP contribution in [0.1, 0.15) is 39.5 Å². The average molecular weight is 186 g/mol. The van der Waals surface area contributed by atoms with Crippen molar-refractivity contribution in [3.63, 3.8) is 0 Å². The zero-order valence-corrected chi connectivity index (χ0v) is 8.75. The molecule has 3 heteroatoms. The monoisotopic (exact) mass is 186 g/mol. The van der Waals surface area contributed by atoms with E-state index in [1.54, 1.807) is 0 Å². The van der Waals surface area contributed by atoms with E-state index in [1.807, 2.05) is 13.8 Å². The number of unbranched alkanes of at least 4 members (excludes halogenated alkanes) is 2. The predicted octanol–water partition coefficient (Wildman–Crippen LogP) is 1.06. The van der Waals surface area contributed by atoms with E-state index in [0.717, 1.165) is 32.2 Å². The molecule has 0 aliphatic rings. The molecule has 3 nitrogen and oxygen atoms in total. The van der Waals surface area contributed by atoms with Gasteiger partial charge in [0.05, 0.1) is 6.04 Å². The van der Waals surface area contributed by atoms with Gasteiger partial charge in [0.25, 0.3) is 0 Å². The molecule has 78 valence electrons. The molecule has 0 rings (SSSR count). The van der Waals surface area contributed by atoms with Gasteiger partial charge in [-0.15, -0.1) is 0 Å². The van der Waals surface area contributed by atoms with Gasteiger partial charge in [-0.05, 0) is 19.4 Å². The van der Waals surface area contributed by atoms with E-state index in [4.69, 9.17) is 11.5 Å². The molecule has 0 amide bonds. The lowest BCUT2D eigenvalue weighted by Crippen LogP contribution is -2.33. The molecule has 0 aromatic carbocycles. The SMILES string of the molecule is CC(C)C(=O)[C@H](N)CCCCCN. The number of hydrogen-bond donors (Lipinski definition) is 2. The summed E-state index contributed by atoms with van der Waals surface area (Å²) < 4.78 is 0. The van der Waals surface area contributed by atoms with Crippen LogP contribution in [0.4, 0.5) is 0 Å². The van der Waals surface area contributed by atoms with Crippen LogP contribution in [0.3, 0.4) is 0 Å². The van der Waals surface area contributed by atoms with Gasteiger partial charge in [-0.25, -0.2) is 0 Å². The first-order chi connectivity index (χ1) is 6.09. The third kappa shape index (κ3) is 5.77. The quantitative estimate of drug-likeness (QED) is 0.584. The molecule has 0 radical (unpaired) electrons. The van der Waals surface area contributed by atoms with Crippen LogP contribution in [-0.2, 0) is 4.79 Å². The largest absolute Gasteiger partial charge is 0.330 e. The van der Waals surface area contributed by atoms with Gasteiger partial charge in [-0.2, -0.15) is 0 Å². The summed E-state index contributed by atoms with van der Waals surface area (Å²) in [5.74, 6) is 0.234. The van der Waals surface area contributed by atoms with E-state index >= 15 is 0 Å². The Labute approximate surface area is 80.9 Å². The minimum Gasteiger partial charge on any atom is -0.330 e. The Morgan fingerprint density at radius 3 is 2.31 bits per heavy atom. The van der Waals surface area contributed by atoms with Crippen LogP contribution >= 0.6 is 0 Å². The molecule has 0 bridgehead atoms. The maximum Gasteiger partial charge on any atom is 0.152 e. The van der Waals surface area contributed by atoms with E-state index in [1.165, 1.54) is 0 Å². The van der Waals surface area contributed by atoms with Crippen LogP contribution < -0.4 is 11.5 Å². The van der Waals surface area contributed by atoms with Crippen molar-refractivity contribution in [2.75, 3.05) is 6.54 Å². The van der Waals surface area contributed by atoms with Crippen molar-refractivity contribution < 1.29 is 4.79 Å². The normalized spacial score (nSPS) is 13.3. The first-order valence-electron chi connectivity index (χ1n) is 5.09. The van der Waals surface area contributed by atoms with Crippen molar-refractivity contribution in [1.82, 2.24) is 0 Å². The summed E-state index contributed by atoms with van der Waals surface area (Å²) in [6.07, 6.45) is 3.92. The van der Waals surface area contributed by atoms with Gasteiger partial charge in [0.15, 0.2) is 5.78 Å². The number of nitrogens with two attached hydrogens (primary N) is 2. The molecule has 0 aliphatic heterocycles. The van der Waals surface area contributed by atoms with Crippen LogP contribution in [0.5, 0.6) is 0 Å². The van der Waals surface area contributed by atoms with Crippen LogP contribution in [-0.4, -0.2) is 18.4 Å². The minimum absolute atomic E-state index is 0.0597. The molecule has 0 aromatic heterocycles.